The van der Waals surface area contributed by atoms with Crippen LogP contribution in [0.4, 0.5) is 11.5 Å². The quantitative estimate of drug-likeness (QED) is 0.826. The van der Waals surface area contributed by atoms with Crippen LogP contribution in [-0.2, 0) is 4.79 Å². The zero-order valence-electron chi connectivity index (χ0n) is 11.0. The maximum absolute atomic E-state index is 11.8. The minimum absolute atomic E-state index is 0.0833. The van der Waals surface area contributed by atoms with Crippen LogP contribution in [-0.4, -0.2) is 23.8 Å². The summed E-state index contributed by atoms with van der Waals surface area (Å²) in [5.41, 5.74) is 6.21. The van der Waals surface area contributed by atoms with E-state index in [0.29, 0.717) is 23.0 Å². The molecule has 0 saturated heterocycles. The van der Waals surface area contributed by atoms with Crippen LogP contribution >= 0.6 is 11.8 Å². The lowest BCUT2D eigenvalue weighted by atomic mass is 10.3. The number of nitrogens with two attached hydrogens (primary N) is 1. The summed E-state index contributed by atoms with van der Waals surface area (Å²) in [6.45, 7) is 0. The average molecular weight is 289 g/mol. The molecular formula is C14H15N3O2S. The van der Waals surface area contributed by atoms with Crippen LogP contribution in [0.15, 0.2) is 47.5 Å². The number of nitrogens with zero attached hydrogens (tertiary/aromatic N) is 1. The first kappa shape index (κ1) is 14.2. The van der Waals surface area contributed by atoms with Gasteiger partial charge in [0.05, 0.1) is 12.9 Å². The molecule has 2 rings (SSSR count). The molecule has 1 aromatic carbocycles. The van der Waals surface area contributed by atoms with E-state index in [2.05, 4.69) is 10.3 Å². The molecule has 3 N–H and O–H groups in total. The lowest BCUT2D eigenvalue weighted by Gasteiger charge is -2.07. The lowest BCUT2D eigenvalue weighted by molar-refractivity contribution is -0.113. The van der Waals surface area contributed by atoms with Gasteiger partial charge in [-0.2, -0.15) is 0 Å². The minimum atomic E-state index is -0.0833. The molecule has 0 aliphatic carbocycles. The lowest BCUT2D eigenvalue weighted by Crippen LogP contribution is -2.13. The Labute approximate surface area is 121 Å². The Kier molecular flexibility index (Phi) is 4.84. The van der Waals surface area contributed by atoms with Crippen molar-refractivity contribution >= 4 is 29.2 Å². The molecule has 20 heavy (non-hydrogen) atoms. The van der Waals surface area contributed by atoms with Crippen LogP contribution in [0.1, 0.15) is 0 Å². The molecule has 0 aliphatic rings. The third-order valence-electron chi connectivity index (χ3n) is 2.48. The van der Waals surface area contributed by atoms with Gasteiger partial charge in [-0.1, -0.05) is 6.07 Å². The van der Waals surface area contributed by atoms with Crippen molar-refractivity contribution in [3.8, 4) is 5.75 Å². The topological polar surface area (TPSA) is 77.2 Å². The van der Waals surface area contributed by atoms with E-state index in [9.17, 15) is 4.79 Å². The molecule has 6 heteroatoms. The molecule has 0 bridgehead atoms. The number of ether oxygens (including phenoxy) is 1. The largest absolute Gasteiger partial charge is 0.497 e. The van der Waals surface area contributed by atoms with Crippen molar-refractivity contribution in [1.29, 1.82) is 0 Å². The fourth-order valence-corrected chi connectivity index (χ4v) is 2.19. The van der Waals surface area contributed by atoms with Crippen LogP contribution in [0.2, 0.25) is 0 Å². The highest BCUT2D eigenvalue weighted by molar-refractivity contribution is 8.00. The number of rotatable bonds is 5. The predicted molar refractivity (Wildman–Crippen MR) is 81.0 cm³/mol. The number of aromatic nitrogens is 1. The first-order valence-corrected chi connectivity index (χ1v) is 6.94. The molecule has 1 heterocycles. The van der Waals surface area contributed by atoms with Gasteiger partial charge < -0.3 is 15.8 Å². The van der Waals surface area contributed by atoms with Gasteiger partial charge in [-0.15, -0.1) is 11.8 Å². The predicted octanol–water partition coefficient (Wildman–Crippen LogP) is 2.40. The highest BCUT2D eigenvalue weighted by Gasteiger charge is 2.04. The molecule has 0 fully saturated rings. The number of thioether (sulfide) groups is 1. The van der Waals surface area contributed by atoms with E-state index < -0.39 is 0 Å². The smallest absolute Gasteiger partial charge is 0.234 e. The fourth-order valence-electron chi connectivity index (χ4n) is 1.52. The second-order valence-corrected chi connectivity index (χ2v) is 5.04. The number of nitrogen functional groups attached to an aromatic ring is 1. The van der Waals surface area contributed by atoms with E-state index in [1.165, 1.54) is 11.8 Å². The van der Waals surface area contributed by atoms with Crippen molar-refractivity contribution in [1.82, 2.24) is 4.98 Å². The number of hydrogen-bond acceptors (Lipinski definition) is 5. The molecule has 0 spiro atoms. The highest BCUT2D eigenvalue weighted by atomic mass is 32.2. The number of nitrogens with one attached hydrogen (secondary N) is 1. The first-order chi connectivity index (χ1) is 9.67. The number of carbonyl (C=O) groups is 1. The summed E-state index contributed by atoms with van der Waals surface area (Å²) in [6.07, 6.45) is 1.65. The molecule has 104 valence electrons. The number of benzene rings is 1. The molecule has 0 aliphatic heterocycles. The van der Waals surface area contributed by atoms with Gasteiger partial charge >= 0.3 is 0 Å². The Morgan fingerprint density at radius 1 is 1.40 bits per heavy atom. The molecular weight excluding hydrogens is 274 g/mol. The summed E-state index contributed by atoms with van der Waals surface area (Å²) < 4.78 is 5.10. The third kappa shape index (κ3) is 4.17. The number of anilines is 2. The Hall–Kier alpha value is -2.21. The number of hydrogen-bond donors (Lipinski definition) is 2. The van der Waals surface area contributed by atoms with Crippen molar-refractivity contribution < 1.29 is 9.53 Å². The summed E-state index contributed by atoms with van der Waals surface area (Å²) in [4.78, 5) is 16.7. The number of pyridine rings is 1. The summed E-state index contributed by atoms with van der Waals surface area (Å²) in [5.74, 6) is 1.40. The van der Waals surface area contributed by atoms with E-state index >= 15 is 0 Å². The molecule has 0 atom stereocenters. The Morgan fingerprint density at radius 3 is 2.95 bits per heavy atom. The van der Waals surface area contributed by atoms with Crippen LogP contribution in [0.3, 0.4) is 0 Å². The number of amides is 1. The summed E-state index contributed by atoms with van der Waals surface area (Å²) in [5, 5.41) is 2.81. The average Bonchev–Trinajstić information content (AvgIpc) is 2.47. The minimum Gasteiger partial charge on any atom is -0.497 e. The van der Waals surface area contributed by atoms with Crippen molar-refractivity contribution in [2.24, 2.45) is 0 Å². The van der Waals surface area contributed by atoms with Gasteiger partial charge in [0.2, 0.25) is 5.91 Å². The first-order valence-electron chi connectivity index (χ1n) is 5.95. The fraction of sp³-hybridized carbons (Fsp3) is 0.143. The Morgan fingerprint density at radius 2 is 2.25 bits per heavy atom. The second-order valence-electron chi connectivity index (χ2n) is 3.99. The van der Waals surface area contributed by atoms with E-state index in [1.54, 1.807) is 25.4 Å². The molecule has 2 aromatic rings. The van der Waals surface area contributed by atoms with Crippen molar-refractivity contribution in [2.75, 3.05) is 23.9 Å². The third-order valence-corrected chi connectivity index (χ3v) is 3.46. The number of carbonyl (C=O) groups excluding carboxylic acids is 1. The van der Waals surface area contributed by atoms with Crippen molar-refractivity contribution in [2.45, 2.75) is 4.90 Å². The van der Waals surface area contributed by atoms with Gasteiger partial charge in [-0.3, -0.25) is 4.79 Å². The van der Waals surface area contributed by atoms with Gasteiger partial charge in [-0.25, -0.2) is 4.98 Å². The van der Waals surface area contributed by atoms with Gasteiger partial charge in [0.1, 0.15) is 11.6 Å². The monoisotopic (exact) mass is 289 g/mol. The van der Waals surface area contributed by atoms with Crippen molar-refractivity contribution in [3.63, 3.8) is 0 Å². The molecule has 0 radical (unpaired) electrons. The summed E-state index contributed by atoms with van der Waals surface area (Å²) in [6, 6.07) is 10.8. The van der Waals surface area contributed by atoms with Gasteiger partial charge in [-0.05, 0) is 24.3 Å². The maximum Gasteiger partial charge on any atom is 0.234 e. The van der Waals surface area contributed by atoms with Crippen LogP contribution < -0.4 is 15.8 Å². The SMILES string of the molecule is COc1cccc(NC(=O)CSc2ccc(N)nc2)c1. The molecule has 1 amide bonds. The van der Waals surface area contributed by atoms with Crippen LogP contribution in [0, 0.1) is 0 Å². The van der Waals surface area contributed by atoms with Gasteiger partial charge in [0, 0.05) is 22.8 Å². The van der Waals surface area contributed by atoms with Crippen LogP contribution in [0.25, 0.3) is 0 Å². The molecule has 0 unspecified atom stereocenters. The van der Waals surface area contributed by atoms with Crippen molar-refractivity contribution in [3.05, 3.63) is 42.6 Å². The Bertz CT molecular complexity index is 587. The molecule has 1 aromatic heterocycles. The summed E-state index contributed by atoms with van der Waals surface area (Å²) >= 11 is 1.41. The van der Waals surface area contributed by atoms with Gasteiger partial charge in [0.25, 0.3) is 0 Å². The van der Waals surface area contributed by atoms with E-state index in [0.717, 1.165) is 4.90 Å². The number of methoxy groups -OCH3 is 1. The molecule has 5 nitrogen and oxygen atoms in total. The second kappa shape index (κ2) is 6.81. The van der Waals surface area contributed by atoms with E-state index in [4.69, 9.17) is 10.5 Å². The summed E-state index contributed by atoms with van der Waals surface area (Å²) in [7, 11) is 1.59. The highest BCUT2D eigenvalue weighted by Crippen LogP contribution is 2.19. The normalized spacial score (nSPS) is 10.1. The Balaban J connectivity index is 1.87. The standard InChI is InChI=1S/C14H15N3O2S/c1-19-11-4-2-3-10(7-11)17-14(18)9-20-12-5-6-13(15)16-8-12/h2-8H,9H2,1H3,(H2,15,16)(H,17,18). The molecule has 0 saturated carbocycles. The van der Waals surface area contributed by atoms with Gasteiger partial charge in [0.15, 0.2) is 0 Å². The van der Waals surface area contributed by atoms with E-state index in [1.807, 2.05) is 24.3 Å². The zero-order chi connectivity index (χ0) is 14.4. The van der Waals surface area contributed by atoms with E-state index in [-0.39, 0.29) is 5.91 Å². The van der Waals surface area contributed by atoms with Crippen LogP contribution in [0.5, 0.6) is 5.75 Å². The maximum atomic E-state index is 11.8. The zero-order valence-corrected chi connectivity index (χ0v) is 11.8.